The Balaban J connectivity index is 1.97. The Bertz CT molecular complexity index is 692. The van der Waals surface area contributed by atoms with Crippen LogP contribution in [0.2, 0.25) is 0 Å². The summed E-state index contributed by atoms with van der Waals surface area (Å²) in [4.78, 5) is 13.9. The van der Waals surface area contributed by atoms with E-state index in [9.17, 15) is 4.79 Å². The molecule has 1 amide bonds. The van der Waals surface area contributed by atoms with Gasteiger partial charge in [-0.1, -0.05) is 30.3 Å². The van der Waals surface area contributed by atoms with Crippen LogP contribution in [0.25, 0.3) is 6.08 Å². The quantitative estimate of drug-likeness (QED) is 0.728. The third-order valence-corrected chi connectivity index (χ3v) is 3.57. The molecule has 2 aromatic rings. The lowest BCUT2D eigenvalue weighted by molar-refractivity contribution is -0.125. The predicted molar refractivity (Wildman–Crippen MR) is 96.1 cm³/mol. The highest BCUT2D eigenvalue weighted by atomic mass is 16.5. The number of rotatable bonds is 7. The van der Waals surface area contributed by atoms with Crippen LogP contribution in [-0.2, 0) is 11.3 Å². The molecule has 0 saturated heterocycles. The second-order valence-electron chi connectivity index (χ2n) is 5.35. The van der Waals surface area contributed by atoms with Crippen LogP contribution in [0.5, 0.6) is 11.5 Å². The number of hydrogen-bond acceptors (Lipinski definition) is 3. The minimum atomic E-state index is -0.0604. The maximum atomic E-state index is 12.3. The summed E-state index contributed by atoms with van der Waals surface area (Å²) in [5.41, 5.74) is 1.93. The summed E-state index contributed by atoms with van der Waals surface area (Å²) >= 11 is 0. The second-order valence-corrected chi connectivity index (χ2v) is 5.35. The van der Waals surface area contributed by atoms with Crippen LogP contribution in [0, 0.1) is 0 Å². The van der Waals surface area contributed by atoms with E-state index < -0.39 is 0 Å². The summed E-state index contributed by atoms with van der Waals surface area (Å²) in [5, 5.41) is 0. The fourth-order valence-electron chi connectivity index (χ4n) is 2.30. The van der Waals surface area contributed by atoms with E-state index in [1.165, 1.54) is 0 Å². The average molecular weight is 325 g/mol. The van der Waals surface area contributed by atoms with Gasteiger partial charge in [-0.25, -0.2) is 0 Å². The summed E-state index contributed by atoms with van der Waals surface area (Å²) in [7, 11) is 3.40. The van der Waals surface area contributed by atoms with Gasteiger partial charge in [0.25, 0.3) is 0 Å². The number of likely N-dealkylation sites (N-methyl/N-ethyl adjacent to an activating group) is 1. The Morgan fingerprint density at radius 3 is 2.50 bits per heavy atom. The summed E-state index contributed by atoms with van der Waals surface area (Å²) in [5.74, 6) is 1.52. The van der Waals surface area contributed by atoms with Gasteiger partial charge in [0.05, 0.1) is 13.7 Å². The fourth-order valence-corrected chi connectivity index (χ4v) is 2.30. The lowest BCUT2D eigenvalue weighted by Gasteiger charge is -2.15. The van der Waals surface area contributed by atoms with Gasteiger partial charge in [0.15, 0.2) is 0 Å². The number of amides is 1. The first-order valence-electron chi connectivity index (χ1n) is 7.92. The van der Waals surface area contributed by atoms with Gasteiger partial charge in [-0.3, -0.25) is 4.79 Å². The predicted octanol–water partition coefficient (Wildman–Crippen LogP) is 3.77. The Hall–Kier alpha value is -2.75. The molecule has 2 aromatic carbocycles. The van der Waals surface area contributed by atoms with Crippen molar-refractivity contribution in [2.75, 3.05) is 20.8 Å². The van der Waals surface area contributed by atoms with Crippen LogP contribution >= 0.6 is 0 Å². The van der Waals surface area contributed by atoms with Gasteiger partial charge in [0.2, 0.25) is 5.91 Å². The zero-order valence-corrected chi connectivity index (χ0v) is 14.4. The summed E-state index contributed by atoms with van der Waals surface area (Å²) in [6.45, 7) is 3.14. The van der Waals surface area contributed by atoms with E-state index in [2.05, 4.69) is 0 Å². The molecule has 0 aliphatic carbocycles. The molecule has 126 valence electrons. The van der Waals surface area contributed by atoms with E-state index in [1.807, 2.05) is 55.5 Å². The highest BCUT2D eigenvalue weighted by molar-refractivity contribution is 5.92. The molecule has 4 heteroatoms. The van der Waals surface area contributed by atoms with E-state index in [0.29, 0.717) is 13.2 Å². The lowest BCUT2D eigenvalue weighted by atomic mass is 10.1. The molecule has 24 heavy (non-hydrogen) atoms. The van der Waals surface area contributed by atoms with Crippen LogP contribution in [0.3, 0.4) is 0 Å². The van der Waals surface area contributed by atoms with Gasteiger partial charge in [0.1, 0.15) is 11.5 Å². The van der Waals surface area contributed by atoms with Crippen molar-refractivity contribution in [3.63, 3.8) is 0 Å². The average Bonchev–Trinajstić information content (AvgIpc) is 2.61. The highest BCUT2D eigenvalue weighted by Gasteiger charge is 2.07. The Labute approximate surface area is 143 Å². The lowest BCUT2D eigenvalue weighted by Crippen LogP contribution is -2.24. The number of carbonyl (C=O) groups is 1. The molecule has 0 radical (unpaired) electrons. The summed E-state index contributed by atoms with van der Waals surface area (Å²) in [6, 6.07) is 15.4. The molecule has 0 spiro atoms. The van der Waals surface area contributed by atoms with Crippen molar-refractivity contribution in [3.8, 4) is 11.5 Å². The number of para-hydroxylation sites is 1. The molecule has 0 heterocycles. The molecular weight excluding hydrogens is 302 g/mol. The first-order chi connectivity index (χ1) is 11.6. The topological polar surface area (TPSA) is 38.8 Å². The molecule has 0 saturated carbocycles. The van der Waals surface area contributed by atoms with Crippen molar-refractivity contribution >= 4 is 12.0 Å². The van der Waals surface area contributed by atoms with E-state index in [4.69, 9.17) is 9.47 Å². The molecule has 0 fully saturated rings. The van der Waals surface area contributed by atoms with Crippen LogP contribution in [0.1, 0.15) is 18.1 Å². The van der Waals surface area contributed by atoms with E-state index in [1.54, 1.807) is 31.2 Å². The SMILES string of the molecule is CCOc1ccc(CN(C)C(=O)/C=C/c2ccccc2OC)cc1. The van der Waals surface area contributed by atoms with Crippen LogP contribution in [0.4, 0.5) is 0 Å². The van der Waals surface area contributed by atoms with E-state index >= 15 is 0 Å². The third kappa shape index (κ3) is 4.88. The van der Waals surface area contributed by atoms with Crippen molar-refractivity contribution in [3.05, 3.63) is 65.7 Å². The van der Waals surface area contributed by atoms with Crippen LogP contribution in [-0.4, -0.2) is 31.6 Å². The number of carbonyl (C=O) groups excluding carboxylic acids is 1. The zero-order chi connectivity index (χ0) is 17.4. The van der Waals surface area contributed by atoms with Crippen molar-refractivity contribution in [2.24, 2.45) is 0 Å². The van der Waals surface area contributed by atoms with E-state index in [-0.39, 0.29) is 5.91 Å². The molecular formula is C20H23NO3. The second kappa shape index (κ2) is 8.77. The third-order valence-electron chi connectivity index (χ3n) is 3.57. The molecule has 0 bridgehead atoms. The molecule has 0 N–H and O–H groups in total. The van der Waals surface area contributed by atoms with Gasteiger partial charge in [0, 0.05) is 25.2 Å². The van der Waals surface area contributed by atoms with Gasteiger partial charge >= 0.3 is 0 Å². The molecule has 0 atom stereocenters. The zero-order valence-electron chi connectivity index (χ0n) is 14.4. The normalized spacial score (nSPS) is 10.6. The van der Waals surface area contributed by atoms with E-state index in [0.717, 1.165) is 22.6 Å². The molecule has 4 nitrogen and oxygen atoms in total. The monoisotopic (exact) mass is 325 g/mol. The minimum Gasteiger partial charge on any atom is -0.496 e. The maximum Gasteiger partial charge on any atom is 0.246 e. The van der Waals surface area contributed by atoms with Gasteiger partial charge in [-0.05, 0) is 36.8 Å². The highest BCUT2D eigenvalue weighted by Crippen LogP contribution is 2.19. The van der Waals surface area contributed by atoms with Crippen molar-refractivity contribution in [2.45, 2.75) is 13.5 Å². The van der Waals surface area contributed by atoms with Crippen molar-refractivity contribution in [1.82, 2.24) is 4.90 Å². The first-order valence-corrected chi connectivity index (χ1v) is 7.92. The Morgan fingerprint density at radius 1 is 1.12 bits per heavy atom. The van der Waals surface area contributed by atoms with Gasteiger partial charge in [-0.15, -0.1) is 0 Å². The molecule has 0 aromatic heterocycles. The van der Waals surface area contributed by atoms with Crippen molar-refractivity contribution < 1.29 is 14.3 Å². The van der Waals surface area contributed by atoms with Crippen LogP contribution in [0.15, 0.2) is 54.6 Å². The Kier molecular flexibility index (Phi) is 6.43. The van der Waals surface area contributed by atoms with Crippen LogP contribution < -0.4 is 9.47 Å². The molecule has 0 aliphatic heterocycles. The Morgan fingerprint density at radius 2 is 1.83 bits per heavy atom. The summed E-state index contributed by atoms with van der Waals surface area (Å²) < 4.78 is 10.7. The minimum absolute atomic E-state index is 0.0604. The van der Waals surface area contributed by atoms with Gasteiger partial charge < -0.3 is 14.4 Å². The molecule has 0 unspecified atom stereocenters. The molecule has 0 aliphatic rings. The number of methoxy groups -OCH3 is 1. The molecule has 2 rings (SSSR count). The standard InChI is InChI=1S/C20H23NO3/c1-4-24-18-12-9-16(10-13-18)15-21(2)20(22)14-11-17-7-5-6-8-19(17)23-3/h5-14H,4,15H2,1-3H3/b14-11+. The number of ether oxygens (including phenoxy) is 2. The maximum absolute atomic E-state index is 12.3. The summed E-state index contributed by atoms with van der Waals surface area (Å²) in [6.07, 6.45) is 3.34. The number of benzene rings is 2. The largest absolute Gasteiger partial charge is 0.496 e. The van der Waals surface area contributed by atoms with Crippen molar-refractivity contribution in [1.29, 1.82) is 0 Å². The number of nitrogens with zero attached hydrogens (tertiary/aromatic N) is 1. The fraction of sp³-hybridized carbons (Fsp3) is 0.250. The van der Waals surface area contributed by atoms with Gasteiger partial charge in [-0.2, -0.15) is 0 Å². The number of hydrogen-bond donors (Lipinski definition) is 0. The first kappa shape index (κ1) is 17.6. The smallest absolute Gasteiger partial charge is 0.246 e.